The zero-order chi connectivity index (χ0) is 13.0. The molecule has 0 radical (unpaired) electrons. The number of halogens is 1. The molecule has 1 aromatic carbocycles. The molecule has 0 aliphatic heterocycles. The van der Waals surface area contributed by atoms with Gasteiger partial charge in [0.1, 0.15) is 5.82 Å². The number of hydrogen-bond donors (Lipinski definition) is 1. The second-order valence-electron chi connectivity index (χ2n) is 5.77. The van der Waals surface area contributed by atoms with E-state index in [-0.39, 0.29) is 5.82 Å². The molecule has 0 saturated heterocycles. The first-order valence-electron chi connectivity index (χ1n) is 7.15. The Bertz CT molecular complexity index is 352. The molecule has 100 valence electrons. The lowest BCUT2D eigenvalue weighted by atomic mass is 9.84. The fraction of sp³-hybridized carbons (Fsp3) is 0.625. The summed E-state index contributed by atoms with van der Waals surface area (Å²) >= 11 is 0. The van der Waals surface area contributed by atoms with Crippen LogP contribution in [0, 0.1) is 11.7 Å². The van der Waals surface area contributed by atoms with Gasteiger partial charge < -0.3 is 5.32 Å². The quantitative estimate of drug-likeness (QED) is 0.828. The molecule has 1 N–H and O–H groups in total. The Kier molecular flexibility index (Phi) is 4.76. The zero-order valence-electron chi connectivity index (χ0n) is 11.5. The van der Waals surface area contributed by atoms with Crippen molar-refractivity contribution in [2.45, 2.75) is 51.5 Å². The molecule has 1 atom stereocenters. The van der Waals surface area contributed by atoms with Gasteiger partial charge in [-0.25, -0.2) is 4.39 Å². The molecule has 1 aliphatic rings. The minimum atomic E-state index is -0.138. The van der Waals surface area contributed by atoms with Crippen molar-refractivity contribution in [3.05, 3.63) is 35.6 Å². The number of rotatable bonds is 5. The van der Waals surface area contributed by atoms with E-state index in [0.717, 1.165) is 12.5 Å². The van der Waals surface area contributed by atoms with Gasteiger partial charge in [0.2, 0.25) is 0 Å². The van der Waals surface area contributed by atoms with Gasteiger partial charge in [-0.3, -0.25) is 0 Å². The van der Waals surface area contributed by atoms with E-state index in [0.29, 0.717) is 12.0 Å². The number of nitrogens with one attached hydrogen (secondary N) is 1. The highest BCUT2D eigenvalue weighted by molar-refractivity contribution is 5.22. The minimum absolute atomic E-state index is 0.138. The summed E-state index contributed by atoms with van der Waals surface area (Å²) in [5.41, 5.74) is 1.29. The largest absolute Gasteiger partial charge is 0.314 e. The van der Waals surface area contributed by atoms with E-state index in [1.165, 1.54) is 31.2 Å². The zero-order valence-corrected chi connectivity index (χ0v) is 11.5. The molecule has 1 saturated carbocycles. The molecule has 0 amide bonds. The Morgan fingerprint density at radius 2 is 1.78 bits per heavy atom. The van der Waals surface area contributed by atoms with Crippen LogP contribution in [0.15, 0.2) is 24.3 Å². The van der Waals surface area contributed by atoms with Gasteiger partial charge in [-0.15, -0.1) is 0 Å². The normalized spacial score (nSPS) is 18.4. The summed E-state index contributed by atoms with van der Waals surface area (Å²) in [4.78, 5) is 0. The highest BCUT2D eigenvalue weighted by Crippen LogP contribution is 2.37. The van der Waals surface area contributed by atoms with Crippen molar-refractivity contribution in [2.24, 2.45) is 5.92 Å². The summed E-state index contributed by atoms with van der Waals surface area (Å²) in [6, 6.07) is 7.61. The standard InChI is InChI=1S/C16H24FN/c1-12(2)18-11-16(13-5-3-4-6-13)14-7-9-15(17)10-8-14/h7-10,12-13,16,18H,3-6,11H2,1-2H3. The summed E-state index contributed by atoms with van der Waals surface area (Å²) in [6.45, 7) is 5.36. The van der Waals surface area contributed by atoms with Crippen LogP contribution in [0.3, 0.4) is 0 Å². The summed E-state index contributed by atoms with van der Waals surface area (Å²) in [7, 11) is 0. The molecular formula is C16H24FN. The van der Waals surface area contributed by atoms with Crippen molar-refractivity contribution in [1.82, 2.24) is 5.32 Å². The number of hydrogen-bond acceptors (Lipinski definition) is 1. The first-order chi connectivity index (χ1) is 8.66. The van der Waals surface area contributed by atoms with Crippen molar-refractivity contribution in [3.63, 3.8) is 0 Å². The Hall–Kier alpha value is -0.890. The van der Waals surface area contributed by atoms with Crippen LogP contribution in [0.25, 0.3) is 0 Å². The Morgan fingerprint density at radius 3 is 2.33 bits per heavy atom. The van der Waals surface area contributed by atoms with E-state index in [4.69, 9.17) is 0 Å². The number of benzene rings is 1. The van der Waals surface area contributed by atoms with Crippen LogP contribution in [0.1, 0.15) is 51.0 Å². The third-order valence-electron chi connectivity index (χ3n) is 4.01. The van der Waals surface area contributed by atoms with Crippen LogP contribution in [-0.2, 0) is 0 Å². The molecule has 1 unspecified atom stereocenters. The predicted octanol–water partition coefficient (Wildman–Crippen LogP) is 4.10. The lowest BCUT2D eigenvalue weighted by Crippen LogP contribution is -2.30. The fourth-order valence-electron chi connectivity index (χ4n) is 2.99. The molecule has 1 aliphatic carbocycles. The summed E-state index contributed by atoms with van der Waals surface area (Å²) in [6.07, 6.45) is 5.34. The van der Waals surface area contributed by atoms with E-state index in [9.17, 15) is 4.39 Å². The van der Waals surface area contributed by atoms with Crippen LogP contribution in [0.5, 0.6) is 0 Å². The minimum Gasteiger partial charge on any atom is -0.314 e. The molecule has 0 aromatic heterocycles. The monoisotopic (exact) mass is 249 g/mol. The van der Waals surface area contributed by atoms with E-state index in [1.807, 2.05) is 12.1 Å². The van der Waals surface area contributed by atoms with Crippen molar-refractivity contribution in [1.29, 1.82) is 0 Å². The average molecular weight is 249 g/mol. The maximum atomic E-state index is 13.0. The van der Waals surface area contributed by atoms with Crippen LogP contribution in [-0.4, -0.2) is 12.6 Å². The van der Waals surface area contributed by atoms with E-state index < -0.39 is 0 Å². The summed E-state index contributed by atoms with van der Waals surface area (Å²) in [5.74, 6) is 1.16. The second kappa shape index (κ2) is 6.33. The van der Waals surface area contributed by atoms with Crippen LogP contribution >= 0.6 is 0 Å². The van der Waals surface area contributed by atoms with Gasteiger partial charge in [-0.2, -0.15) is 0 Å². The highest BCUT2D eigenvalue weighted by atomic mass is 19.1. The molecule has 2 rings (SSSR count). The molecular weight excluding hydrogens is 225 g/mol. The molecule has 18 heavy (non-hydrogen) atoms. The van der Waals surface area contributed by atoms with Gasteiger partial charge in [-0.1, -0.05) is 38.8 Å². The van der Waals surface area contributed by atoms with Gasteiger partial charge in [0.25, 0.3) is 0 Å². The Labute approximate surface area is 110 Å². The van der Waals surface area contributed by atoms with Gasteiger partial charge in [-0.05, 0) is 42.4 Å². The SMILES string of the molecule is CC(C)NCC(c1ccc(F)cc1)C1CCCC1. The first-order valence-corrected chi connectivity index (χ1v) is 7.15. The Morgan fingerprint density at radius 1 is 1.17 bits per heavy atom. The van der Waals surface area contributed by atoms with Crippen molar-refractivity contribution in [2.75, 3.05) is 6.54 Å². The van der Waals surface area contributed by atoms with Crippen molar-refractivity contribution >= 4 is 0 Å². The van der Waals surface area contributed by atoms with Gasteiger partial charge in [0, 0.05) is 12.6 Å². The molecule has 1 fully saturated rings. The fourth-order valence-corrected chi connectivity index (χ4v) is 2.99. The van der Waals surface area contributed by atoms with Gasteiger partial charge >= 0.3 is 0 Å². The smallest absolute Gasteiger partial charge is 0.123 e. The van der Waals surface area contributed by atoms with Crippen molar-refractivity contribution in [3.8, 4) is 0 Å². The van der Waals surface area contributed by atoms with Gasteiger partial charge in [0.15, 0.2) is 0 Å². The maximum absolute atomic E-state index is 13.0. The first kappa shape index (κ1) is 13.5. The van der Waals surface area contributed by atoms with E-state index in [1.54, 1.807) is 12.1 Å². The topological polar surface area (TPSA) is 12.0 Å². The molecule has 0 bridgehead atoms. The van der Waals surface area contributed by atoms with Crippen LogP contribution in [0.4, 0.5) is 4.39 Å². The highest BCUT2D eigenvalue weighted by Gasteiger charge is 2.26. The lowest BCUT2D eigenvalue weighted by Gasteiger charge is -2.25. The summed E-state index contributed by atoms with van der Waals surface area (Å²) < 4.78 is 13.0. The third-order valence-corrected chi connectivity index (χ3v) is 4.01. The van der Waals surface area contributed by atoms with Crippen LogP contribution in [0.2, 0.25) is 0 Å². The predicted molar refractivity (Wildman–Crippen MR) is 74.2 cm³/mol. The maximum Gasteiger partial charge on any atom is 0.123 e. The molecule has 2 heteroatoms. The van der Waals surface area contributed by atoms with Crippen LogP contribution < -0.4 is 5.32 Å². The lowest BCUT2D eigenvalue weighted by molar-refractivity contribution is 0.398. The molecule has 0 heterocycles. The summed E-state index contributed by atoms with van der Waals surface area (Å²) in [5, 5.41) is 3.54. The van der Waals surface area contributed by atoms with E-state index >= 15 is 0 Å². The third kappa shape index (κ3) is 3.55. The average Bonchev–Trinajstić information content (AvgIpc) is 2.85. The Balaban J connectivity index is 2.09. The molecule has 0 spiro atoms. The second-order valence-corrected chi connectivity index (χ2v) is 5.77. The molecule has 1 aromatic rings. The van der Waals surface area contributed by atoms with Crippen molar-refractivity contribution < 1.29 is 4.39 Å². The molecule has 1 nitrogen and oxygen atoms in total. The van der Waals surface area contributed by atoms with Gasteiger partial charge in [0.05, 0.1) is 0 Å². The van der Waals surface area contributed by atoms with E-state index in [2.05, 4.69) is 19.2 Å².